The summed E-state index contributed by atoms with van der Waals surface area (Å²) < 4.78 is 11.3. The first-order valence-electron chi connectivity index (χ1n) is 5.62. The van der Waals surface area contributed by atoms with Crippen LogP contribution in [-0.4, -0.2) is 18.8 Å². The maximum Gasteiger partial charge on any atom is 0.0813 e. The molecule has 0 radical (unpaired) electrons. The lowest BCUT2D eigenvalue weighted by Gasteiger charge is -2.11. The van der Waals surface area contributed by atoms with Gasteiger partial charge in [-0.05, 0) is 25.3 Å². The normalized spacial score (nSPS) is 25.7. The second-order valence-corrected chi connectivity index (χ2v) is 4.15. The molecule has 1 aromatic carbocycles. The van der Waals surface area contributed by atoms with Crippen molar-refractivity contribution < 1.29 is 9.47 Å². The molecular formula is C13H18O2. The van der Waals surface area contributed by atoms with Crippen LogP contribution in [0.4, 0.5) is 0 Å². The van der Waals surface area contributed by atoms with E-state index in [0.717, 1.165) is 13.0 Å². The van der Waals surface area contributed by atoms with Crippen molar-refractivity contribution in [2.75, 3.05) is 6.61 Å². The smallest absolute Gasteiger partial charge is 0.0813 e. The Kier molecular flexibility index (Phi) is 3.75. The molecule has 2 atom stereocenters. The van der Waals surface area contributed by atoms with Crippen LogP contribution in [-0.2, 0) is 16.1 Å². The molecular weight excluding hydrogens is 188 g/mol. The first-order valence-corrected chi connectivity index (χ1v) is 5.62. The molecule has 0 N–H and O–H groups in total. The van der Waals surface area contributed by atoms with Crippen molar-refractivity contribution in [2.45, 2.75) is 38.6 Å². The zero-order chi connectivity index (χ0) is 10.5. The summed E-state index contributed by atoms with van der Waals surface area (Å²) >= 11 is 0. The third-order valence-electron chi connectivity index (χ3n) is 2.74. The van der Waals surface area contributed by atoms with Crippen molar-refractivity contribution in [3.63, 3.8) is 0 Å². The van der Waals surface area contributed by atoms with E-state index in [0.29, 0.717) is 18.8 Å². The van der Waals surface area contributed by atoms with Crippen LogP contribution in [0.25, 0.3) is 0 Å². The summed E-state index contributed by atoms with van der Waals surface area (Å²) in [6.07, 6.45) is 3.02. The molecule has 1 aliphatic rings. The predicted molar refractivity (Wildman–Crippen MR) is 59.7 cm³/mol. The fraction of sp³-hybridized carbons (Fsp3) is 0.538. The monoisotopic (exact) mass is 206 g/mol. The van der Waals surface area contributed by atoms with E-state index in [-0.39, 0.29) is 0 Å². The number of hydrogen-bond donors (Lipinski definition) is 0. The Morgan fingerprint density at radius 1 is 1.27 bits per heavy atom. The fourth-order valence-corrected chi connectivity index (χ4v) is 1.89. The van der Waals surface area contributed by atoms with Gasteiger partial charge in [-0.25, -0.2) is 0 Å². The van der Waals surface area contributed by atoms with Crippen molar-refractivity contribution in [2.24, 2.45) is 0 Å². The molecule has 2 rings (SSSR count). The van der Waals surface area contributed by atoms with Gasteiger partial charge in [-0.15, -0.1) is 0 Å². The SMILES string of the molecule is C[C@H]1CC[C@H](COCc2ccccc2)O1. The van der Waals surface area contributed by atoms with E-state index in [1.54, 1.807) is 0 Å². The Bertz CT molecular complexity index is 284. The lowest BCUT2D eigenvalue weighted by atomic mass is 10.2. The van der Waals surface area contributed by atoms with Gasteiger partial charge < -0.3 is 9.47 Å². The largest absolute Gasteiger partial charge is 0.374 e. The highest BCUT2D eigenvalue weighted by atomic mass is 16.5. The van der Waals surface area contributed by atoms with Crippen molar-refractivity contribution >= 4 is 0 Å². The summed E-state index contributed by atoms with van der Waals surface area (Å²) in [5, 5.41) is 0. The highest BCUT2D eigenvalue weighted by molar-refractivity contribution is 5.13. The molecule has 1 aromatic rings. The molecule has 0 aromatic heterocycles. The molecule has 0 spiro atoms. The van der Waals surface area contributed by atoms with Crippen LogP contribution in [0, 0.1) is 0 Å². The Labute approximate surface area is 91.2 Å². The summed E-state index contributed by atoms with van der Waals surface area (Å²) in [5.74, 6) is 0. The minimum absolute atomic E-state index is 0.309. The van der Waals surface area contributed by atoms with Crippen molar-refractivity contribution in [3.8, 4) is 0 Å². The highest BCUT2D eigenvalue weighted by Gasteiger charge is 2.21. The van der Waals surface area contributed by atoms with E-state index >= 15 is 0 Å². The van der Waals surface area contributed by atoms with E-state index in [1.165, 1.54) is 12.0 Å². The predicted octanol–water partition coefficient (Wildman–Crippen LogP) is 2.77. The van der Waals surface area contributed by atoms with Crippen LogP contribution < -0.4 is 0 Å². The number of ether oxygens (including phenoxy) is 2. The summed E-state index contributed by atoms with van der Waals surface area (Å²) in [6.45, 7) is 3.53. The van der Waals surface area contributed by atoms with E-state index < -0.39 is 0 Å². The molecule has 1 fully saturated rings. The molecule has 82 valence electrons. The van der Waals surface area contributed by atoms with Gasteiger partial charge in [0.25, 0.3) is 0 Å². The van der Waals surface area contributed by atoms with Gasteiger partial charge in [0, 0.05) is 0 Å². The molecule has 1 saturated heterocycles. The summed E-state index contributed by atoms with van der Waals surface area (Å²) in [5.41, 5.74) is 1.23. The van der Waals surface area contributed by atoms with E-state index in [1.807, 2.05) is 18.2 Å². The van der Waals surface area contributed by atoms with Crippen molar-refractivity contribution in [1.29, 1.82) is 0 Å². The third kappa shape index (κ3) is 3.33. The van der Waals surface area contributed by atoms with Crippen LogP contribution in [0.15, 0.2) is 30.3 Å². The summed E-state index contributed by atoms with van der Waals surface area (Å²) in [6, 6.07) is 10.3. The van der Waals surface area contributed by atoms with Gasteiger partial charge in [-0.1, -0.05) is 30.3 Å². The van der Waals surface area contributed by atoms with Gasteiger partial charge in [0.2, 0.25) is 0 Å². The highest BCUT2D eigenvalue weighted by Crippen LogP contribution is 2.19. The number of rotatable bonds is 4. The Morgan fingerprint density at radius 3 is 2.73 bits per heavy atom. The lowest BCUT2D eigenvalue weighted by Crippen LogP contribution is -2.15. The van der Waals surface area contributed by atoms with Gasteiger partial charge in [0.05, 0.1) is 25.4 Å². The first kappa shape index (κ1) is 10.7. The fourth-order valence-electron chi connectivity index (χ4n) is 1.89. The van der Waals surface area contributed by atoms with E-state index in [9.17, 15) is 0 Å². The van der Waals surface area contributed by atoms with Crippen LogP contribution >= 0.6 is 0 Å². The Morgan fingerprint density at radius 2 is 2.07 bits per heavy atom. The van der Waals surface area contributed by atoms with Crippen LogP contribution in [0.3, 0.4) is 0 Å². The molecule has 0 bridgehead atoms. The number of benzene rings is 1. The number of hydrogen-bond acceptors (Lipinski definition) is 2. The summed E-state index contributed by atoms with van der Waals surface area (Å²) in [7, 11) is 0. The maximum absolute atomic E-state index is 5.67. The average molecular weight is 206 g/mol. The second kappa shape index (κ2) is 5.29. The maximum atomic E-state index is 5.67. The third-order valence-corrected chi connectivity index (χ3v) is 2.74. The zero-order valence-corrected chi connectivity index (χ0v) is 9.19. The molecule has 0 aliphatic carbocycles. The average Bonchev–Trinajstić information content (AvgIpc) is 2.66. The quantitative estimate of drug-likeness (QED) is 0.754. The standard InChI is InChI=1S/C13H18O2/c1-11-7-8-13(15-11)10-14-9-12-5-3-2-4-6-12/h2-6,11,13H,7-10H2,1H3/t11-,13+/m0/s1. The Balaban J connectivity index is 1.67. The van der Waals surface area contributed by atoms with Gasteiger partial charge in [-0.3, -0.25) is 0 Å². The van der Waals surface area contributed by atoms with E-state index in [2.05, 4.69) is 19.1 Å². The molecule has 15 heavy (non-hydrogen) atoms. The molecule has 1 aliphatic heterocycles. The van der Waals surface area contributed by atoms with Crippen LogP contribution in [0.1, 0.15) is 25.3 Å². The Hall–Kier alpha value is -0.860. The molecule has 2 heteroatoms. The topological polar surface area (TPSA) is 18.5 Å². The molecule has 0 amide bonds. The van der Waals surface area contributed by atoms with Gasteiger partial charge in [-0.2, -0.15) is 0 Å². The lowest BCUT2D eigenvalue weighted by molar-refractivity contribution is -0.0142. The van der Waals surface area contributed by atoms with Crippen molar-refractivity contribution in [3.05, 3.63) is 35.9 Å². The van der Waals surface area contributed by atoms with Gasteiger partial charge in [0.1, 0.15) is 0 Å². The molecule has 0 saturated carbocycles. The molecule has 2 nitrogen and oxygen atoms in total. The zero-order valence-electron chi connectivity index (χ0n) is 9.19. The van der Waals surface area contributed by atoms with Crippen LogP contribution in [0.2, 0.25) is 0 Å². The van der Waals surface area contributed by atoms with Crippen molar-refractivity contribution in [1.82, 2.24) is 0 Å². The van der Waals surface area contributed by atoms with Gasteiger partial charge >= 0.3 is 0 Å². The van der Waals surface area contributed by atoms with Gasteiger partial charge in [0.15, 0.2) is 0 Å². The molecule has 0 unspecified atom stereocenters. The minimum atomic E-state index is 0.309. The van der Waals surface area contributed by atoms with E-state index in [4.69, 9.17) is 9.47 Å². The second-order valence-electron chi connectivity index (χ2n) is 4.15. The summed E-state index contributed by atoms with van der Waals surface area (Å²) in [4.78, 5) is 0. The van der Waals surface area contributed by atoms with Crippen LogP contribution in [0.5, 0.6) is 0 Å². The minimum Gasteiger partial charge on any atom is -0.374 e. The first-order chi connectivity index (χ1) is 7.34. The molecule has 1 heterocycles.